The highest BCUT2D eigenvalue weighted by Crippen LogP contribution is 2.48. The second-order valence-corrected chi connectivity index (χ2v) is 9.13. The Labute approximate surface area is 197 Å². The van der Waals surface area contributed by atoms with E-state index in [4.69, 9.17) is 4.74 Å². The molecule has 33 heavy (non-hydrogen) atoms. The van der Waals surface area contributed by atoms with E-state index in [-0.39, 0.29) is 0 Å². The molecule has 0 fully saturated rings. The van der Waals surface area contributed by atoms with E-state index in [9.17, 15) is 0 Å². The molecule has 1 aliphatic heterocycles. The van der Waals surface area contributed by atoms with Crippen molar-refractivity contribution in [2.45, 2.75) is 40.2 Å². The number of fused-ring (bicyclic) bond motifs is 1. The summed E-state index contributed by atoms with van der Waals surface area (Å²) >= 11 is 0. The molecular formula is C32H30O. The summed E-state index contributed by atoms with van der Waals surface area (Å²) in [7, 11) is 0. The Morgan fingerprint density at radius 1 is 0.545 bits per heavy atom. The molecule has 0 atom stereocenters. The van der Waals surface area contributed by atoms with Gasteiger partial charge < -0.3 is 4.74 Å². The Kier molecular flexibility index (Phi) is 5.21. The van der Waals surface area contributed by atoms with Crippen molar-refractivity contribution in [2.24, 2.45) is 0 Å². The van der Waals surface area contributed by atoms with E-state index in [1.807, 2.05) is 0 Å². The first-order chi connectivity index (χ1) is 15.9. The summed E-state index contributed by atoms with van der Waals surface area (Å²) in [4.78, 5) is 0. The minimum absolute atomic E-state index is 0.678. The monoisotopic (exact) mass is 430 g/mol. The first kappa shape index (κ1) is 21.3. The molecule has 0 spiro atoms. The van der Waals surface area contributed by atoms with Crippen LogP contribution >= 0.6 is 0 Å². The molecule has 0 radical (unpaired) electrons. The summed E-state index contributed by atoms with van der Waals surface area (Å²) in [5.74, 6) is 0.946. The molecule has 0 unspecified atom stereocenters. The molecule has 0 aliphatic carbocycles. The van der Waals surface area contributed by atoms with Gasteiger partial charge in [0.2, 0.25) is 0 Å². The van der Waals surface area contributed by atoms with E-state index in [2.05, 4.69) is 126 Å². The van der Waals surface area contributed by atoms with Crippen molar-refractivity contribution in [1.82, 2.24) is 0 Å². The standard InChI is InChI=1S/C32H30O/c1-21-22(2)24(4)30(25(5)23(21)3)29-18-12-13-26-19-20-32(33-31(26)29,27-14-8-6-9-15-27)28-16-10-7-11-17-28/h6-20H,1-5H3. The molecule has 164 valence electrons. The van der Waals surface area contributed by atoms with Gasteiger partial charge in [0.25, 0.3) is 0 Å². The van der Waals surface area contributed by atoms with Crippen LogP contribution in [0.4, 0.5) is 0 Å². The summed E-state index contributed by atoms with van der Waals surface area (Å²) in [6.45, 7) is 11.2. The molecule has 1 heteroatoms. The number of hydrogen-bond donors (Lipinski definition) is 0. The van der Waals surface area contributed by atoms with Gasteiger partial charge >= 0.3 is 0 Å². The van der Waals surface area contributed by atoms with Crippen LogP contribution in [0.1, 0.15) is 44.5 Å². The Hall–Kier alpha value is -3.58. The molecule has 0 saturated carbocycles. The van der Waals surface area contributed by atoms with Gasteiger partial charge in [-0.1, -0.05) is 84.9 Å². The summed E-state index contributed by atoms with van der Waals surface area (Å²) in [5, 5.41) is 0. The first-order valence-corrected chi connectivity index (χ1v) is 11.6. The van der Waals surface area contributed by atoms with E-state index in [1.165, 1.54) is 33.4 Å². The topological polar surface area (TPSA) is 9.23 Å². The molecule has 4 aromatic carbocycles. The van der Waals surface area contributed by atoms with E-state index in [1.54, 1.807) is 0 Å². The quantitative estimate of drug-likeness (QED) is 0.318. The first-order valence-electron chi connectivity index (χ1n) is 11.6. The van der Waals surface area contributed by atoms with Gasteiger partial charge in [-0.2, -0.15) is 0 Å². The zero-order chi connectivity index (χ0) is 23.2. The zero-order valence-corrected chi connectivity index (χ0v) is 20.1. The van der Waals surface area contributed by atoms with Crippen LogP contribution in [-0.2, 0) is 5.60 Å². The van der Waals surface area contributed by atoms with E-state index < -0.39 is 5.60 Å². The van der Waals surface area contributed by atoms with Crippen molar-refractivity contribution >= 4 is 6.08 Å². The van der Waals surface area contributed by atoms with Gasteiger partial charge in [-0.05, 0) is 74.1 Å². The third kappa shape index (κ3) is 3.31. The van der Waals surface area contributed by atoms with Gasteiger partial charge in [-0.25, -0.2) is 0 Å². The molecule has 0 bridgehead atoms. The smallest absolute Gasteiger partial charge is 0.178 e. The number of para-hydroxylation sites is 1. The molecular weight excluding hydrogens is 400 g/mol. The fourth-order valence-corrected chi connectivity index (χ4v) is 5.15. The Morgan fingerprint density at radius 3 is 1.61 bits per heavy atom. The Bertz CT molecular complexity index is 1290. The highest BCUT2D eigenvalue weighted by molar-refractivity contribution is 5.83. The fourth-order valence-electron chi connectivity index (χ4n) is 5.15. The van der Waals surface area contributed by atoms with E-state index in [0.717, 1.165) is 28.0 Å². The van der Waals surface area contributed by atoms with Gasteiger partial charge in [0.05, 0.1) is 0 Å². The predicted molar refractivity (Wildman–Crippen MR) is 139 cm³/mol. The maximum absolute atomic E-state index is 7.11. The van der Waals surface area contributed by atoms with Crippen molar-refractivity contribution in [3.63, 3.8) is 0 Å². The number of rotatable bonds is 3. The molecule has 1 aliphatic rings. The van der Waals surface area contributed by atoms with Crippen LogP contribution in [0, 0.1) is 34.6 Å². The van der Waals surface area contributed by atoms with Crippen LogP contribution in [0.3, 0.4) is 0 Å². The number of benzene rings is 4. The maximum atomic E-state index is 7.11. The molecule has 5 rings (SSSR count). The molecule has 1 heterocycles. The van der Waals surface area contributed by atoms with E-state index in [0.29, 0.717) is 0 Å². The molecule has 0 N–H and O–H groups in total. The molecule has 0 aromatic heterocycles. The van der Waals surface area contributed by atoms with Crippen LogP contribution in [0.25, 0.3) is 17.2 Å². The molecule has 0 saturated heterocycles. The van der Waals surface area contributed by atoms with Gasteiger partial charge in [0, 0.05) is 22.3 Å². The number of ether oxygens (including phenoxy) is 1. The van der Waals surface area contributed by atoms with Crippen LogP contribution in [0.5, 0.6) is 5.75 Å². The Balaban J connectivity index is 1.78. The summed E-state index contributed by atoms with van der Waals surface area (Å²) in [6.07, 6.45) is 4.43. The lowest BCUT2D eigenvalue weighted by Gasteiger charge is -2.37. The molecule has 0 amide bonds. The fraction of sp³-hybridized carbons (Fsp3) is 0.188. The van der Waals surface area contributed by atoms with Crippen LogP contribution < -0.4 is 4.74 Å². The van der Waals surface area contributed by atoms with Crippen molar-refractivity contribution in [3.05, 3.63) is 129 Å². The minimum atomic E-state index is -0.678. The van der Waals surface area contributed by atoms with Gasteiger partial charge in [0.15, 0.2) is 5.60 Å². The average Bonchev–Trinajstić information content (AvgIpc) is 2.87. The van der Waals surface area contributed by atoms with Crippen molar-refractivity contribution < 1.29 is 4.74 Å². The normalized spacial score (nSPS) is 14.0. The summed E-state index contributed by atoms with van der Waals surface area (Å²) in [6, 6.07) is 27.6. The third-order valence-electron chi connectivity index (χ3n) is 7.48. The van der Waals surface area contributed by atoms with Gasteiger partial charge in [-0.3, -0.25) is 0 Å². The van der Waals surface area contributed by atoms with Crippen LogP contribution in [0.2, 0.25) is 0 Å². The van der Waals surface area contributed by atoms with Crippen molar-refractivity contribution in [2.75, 3.05) is 0 Å². The maximum Gasteiger partial charge on any atom is 0.178 e. The van der Waals surface area contributed by atoms with Gasteiger partial charge in [-0.15, -0.1) is 0 Å². The van der Waals surface area contributed by atoms with Crippen molar-refractivity contribution in [1.29, 1.82) is 0 Å². The third-order valence-corrected chi connectivity index (χ3v) is 7.48. The summed E-state index contributed by atoms with van der Waals surface area (Å²) in [5.41, 5.74) is 11.9. The minimum Gasteiger partial charge on any atom is -0.472 e. The Morgan fingerprint density at radius 2 is 1.06 bits per heavy atom. The largest absolute Gasteiger partial charge is 0.472 e. The lowest BCUT2D eigenvalue weighted by Crippen LogP contribution is -2.34. The van der Waals surface area contributed by atoms with E-state index >= 15 is 0 Å². The highest BCUT2D eigenvalue weighted by Gasteiger charge is 2.38. The number of hydrogen-bond acceptors (Lipinski definition) is 1. The molecule has 1 nitrogen and oxygen atoms in total. The van der Waals surface area contributed by atoms with Crippen LogP contribution in [0.15, 0.2) is 84.9 Å². The van der Waals surface area contributed by atoms with Crippen molar-refractivity contribution in [3.8, 4) is 16.9 Å². The zero-order valence-electron chi connectivity index (χ0n) is 20.1. The second-order valence-electron chi connectivity index (χ2n) is 9.13. The lowest BCUT2D eigenvalue weighted by molar-refractivity contribution is 0.162. The predicted octanol–water partition coefficient (Wildman–Crippen LogP) is 8.25. The molecule has 4 aromatic rings. The van der Waals surface area contributed by atoms with Crippen LogP contribution in [-0.4, -0.2) is 0 Å². The SMILES string of the molecule is Cc1c(C)c(C)c(-c2cccc3c2OC(c2ccccc2)(c2ccccc2)C=C3)c(C)c1C. The summed E-state index contributed by atoms with van der Waals surface area (Å²) < 4.78 is 7.11. The second kappa shape index (κ2) is 8.08. The highest BCUT2D eigenvalue weighted by atomic mass is 16.5. The van der Waals surface area contributed by atoms with Gasteiger partial charge in [0.1, 0.15) is 5.75 Å². The average molecular weight is 431 g/mol. The lowest BCUT2D eigenvalue weighted by atomic mass is 9.82.